The summed E-state index contributed by atoms with van der Waals surface area (Å²) in [7, 11) is 0. The molecule has 0 aliphatic carbocycles. The molecular formula is C20H15F2N3O. The van der Waals surface area contributed by atoms with Crippen molar-refractivity contribution in [1.29, 1.82) is 0 Å². The highest BCUT2D eigenvalue weighted by atomic mass is 19.3. The number of halogens is 2. The van der Waals surface area contributed by atoms with E-state index in [4.69, 9.17) is 0 Å². The number of aromatic nitrogens is 2. The second kappa shape index (κ2) is 7.19. The van der Waals surface area contributed by atoms with Gasteiger partial charge < -0.3 is 5.32 Å². The monoisotopic (exact) mass is 351 g/mol. The summed E-state index contributed by atoms with van der Waals surface area (Å²) in [5, 5.41) is 3.00. The lowest BCUT2D eigenvalue weighted by atomic mass is 10.1. The second-order valence-corrected chi connectivity index (χ2v) is 5.63. The standard InChI is InChI=1S/C20H15F2N3O/c1-3-18(26)24-16-10-17-15(9-8-14-6-4-13(2)5-7-14)12-25(20(21)22)19(17)23-11-16/h3-7,10-12,20H,1H2,2H3,(H,24,26). The van der Waals surface area contributed by atoms with Gasteiger partial charge in [0.2, 0.25) is 5.91 Å². The highest BCUT2D eigenvalue weighted by Gasteiger charge is 2.15. The molecule has 0 aliphatic rings. The van der Waals surface area contributed by atoms with Crippen molar-refractivity contribution < 1.29 is 13.6 Å². The molecule has 1 aromatic carbocycles. The fourth-order valence-electron chi connectivity index (χ4n) is 2.42. The third kappa shape index (κ3) is 3.62. The molecule has 2 aromatic heterocycles. The number of aryl methyl sites for hydroxylation is 1. The number of nitrogens with zero attached hydrogens (tertiary/aromatic N) is 2. The molecule has 0 saturated heterocycles. The van der Waals surface area contributed by atoms with Crippen LogP contribution in [0, 0.1) is 18.8 Å². The van der Waals surface area contributed by atoms with E-state index in [1.165, 1.54) is 12.4 Å². The molecule has 2 heterocycles. The fourth-order valence-corrected chi connectivity index (χ4v) is 2.42. The first-order valence-electron chi connectivity index (χ1n) is 7.79. The van der Waals surface area contributed by atoms with E-state index in [1.54, 1.807) is 6.07 Å². The van der Waals surface area contributed by atoms with Crippen LogP contribution in [0.1, 0.15) is 23.2 Å². The Hall–Kier alpha value is -3.46. The number of anilines is 1. The van der Waals surface area contributed by atoms with Gasteiger partial charge in [-0.05, 0) is 31.2 Å². The number of fused-ring (bicyclic) bond motifs is 1. The number of rotatable bonds is 3. The maximum atomic E-state index is 13.3. The van der Waals surface area contributed by atoms with E-state index >= 15 is 0 Å². The lowest BCUT2D eigenvalue weighted by Gasteiger charge is -2.04. The maximum Gasteiger partial charge on any atom is 0.320 e. The van der Waals surface area contributed by atoms with Gasteiger partial charge in [0.1, 0.15) is 5.65 Å². The minimum atomic E-state index is -2.74. The molecule has 0 bridgehead atoms. The Morgan fingerprint density at radius 3 is 2.69 bits per heavy atom. The van der Waals surface area contributed by atoms with Gasteiger partial charge in [0.15, 0.2) is 0 Å². The number of carbonyl (C=O) groups excluding carboxylic acids is 1. The zero-order valence-electron chi connectivity index (χ0n) is 14.0. The van der Waals surface area contributed by atoms with Crippen LogP contribution in [0.25, 0.3) is 11.0 Å². The van der Waals surface area contributed by atoms with Gasteiger partial charge >= 0.3 is 6.55 Å². The summed E-state index contributed by atoms with van der Waals surface area (Å²) in [6, 6.07) is 9.15. The van der Waals surface area contributed by atoms with Gasteiger partial charge in [0.25, 0.3) is 0 Å². The van der Waals surface area contributed by atoms with Crippen molar-refractivity contribution in [2.75, 3.05) is 5.32 Å². The van der Waals surface area contributed by atoms with Crippen molar-refractivity contribution >= 4 is 22.6 Å². The van der Waals surface area contributed by atoms with Crippen LogP contribution in [0.2, 0.25) is 0 Å². The lowest BCUT2D eigenvalue weighted by molar-refractivity contribution is -0.111. The van der Waals surface area contributed by atoms with Gasteiger partial charge in [-0.25, -0.2) is 4.98 Å². The third-order valence-corrected chi connectivity index (χ3v) is 3.73. The molecule has 1 N–H and O–H groups in total. The number of pyridine rings is 1. The number of alkyl halides is 2. The van der Waals surface area contributed by atoms with E-state index in [-0.39, 0.29) is 5.65 Å². The fraction of sp³-hybridized carbons (Fsp3) is 0.100. The molecule has 26 heavy (non-hydrogen) atoms. The number of carbonyl (C=O) groups is 1. The Balaban J connectivity index is 2.08. The number of benzene rings is 1. The van der Waals surface area contributed by atoms with E-state index in [1.807, 2.05) is 31.2 Å². The van der Waals surface area contributed by atoms with Crippen LogP contribution in [0.5, 0.6) is 0 Å². The number of hydrogen-bond donors (Lipinski definition) is 1. The molecule has 0 spiro atoms. The Kier molecular flexibility index (Phi) is 4.81. The SMILES string of the molecule is C=CC(=O)Nc1cnc2c(c1)c(C#Cc1ccc(C)cc1)cn2C(F)F. The van der Waals surface area contributed by atoms with Crippen molar-refractivity contribution in [3.05, 3.63) is 72.1 Å². The maximum absolute atomic E-state index is 13.3. The zero-order chi connectivity index (χ0) is 18.7. The van der Waals surface area contributed by atoms with E-state index in [2.05, 4.69) is 28.7 Å². The Morgan fingerprint density at radius 2 is 2.04 bits per heavy atom. The van der Waals surface area contributed by atoms with E-state index in [0.717, 1.165) is 21.8 Å². The Bertz CT molecular complexity index is 1040. The largest absolute Gasteiger partial charge is 0.321 e. The van der Waals surface area contributed by atoms with Crippen LogP contribution in [0.3, 0.4) is 0 Å². The Morgan fingerprint density at radius 1 is 1.31 bits per heavy atom. The first kappa shape index (κ1) is 17.4. The number of hydrogen-bond acceptors (Lipinski definition) is 2. The first-order valence-corrected chi connectivity index (χ1v) is 7.79. The summed E-state index contributed by atoms with van der Waals surface area (Å²) in [5.41, 5.74) is 2.77. The molecular weight excluding hydrogens is 336 g/mol. The van der Waals surface area contributed by atoms with Crippen LogP contribution in [0.4, 0.5) is 14.5 Å². The molecule has 6 heteroatoms. The zero-order valence-corrected chi connectivity index (χ0v) is 14.0. The molecule has 0 aliphatic heterocycles. The minimum Gasteiger partial charge on any atom is -0.321 e. The summed E-state index contributed by atoms with van der Waals surface area (Å²) >= 11 is 0. The molecule has 0 fully saturated rings. The highest BCUT2D eigenvalue weighted by molar-refractivity contribution is 6.00. The van der Waals surface area contributed by atoms with Crippen molar-refractivity contribution in [2.24, 2.45) is 0 Å². The second-order valence-electron chi connectivity index (χ2n) is 5.63. The summed E-state index contributed by atoms with van der Waals surface area (Å²) < 4.78 is 27.3. The molecule has 4 nitrogen and oxygen atoms in total. The van der Waals surface area contributed by atoms with Gasteiger partial charge in [0.05, 0.1) is 17.4 Å². The molecule has 130 valence electrons. The van der Waals surface area contributed by atoms with Gasteiger partial charge in [-0.1, -0.05) is 36.1 Å². The average Bonchev–Trinajstić information content (AvgIpc) is 2.99. The van der Waals surface area contributed by atoms with Crippen LogP contribution in [-0.4, -0.2) is 15.5 Å². The van der Waals surface area contributed by atoms with Crippen molar-refractivity contribution in [3.8, 4) is 11.8 Å². The third-order valence-electron chi connectivity index (χ3n) is 3.73. The molecule has 1 amide bonds. The van der Waals surface area contributed by atoms with Gasteiger partial charge in [-0.3, -0.25) is 9.36 Å². The summed E-state index contributed by atoms with van der Waals surface area (Å²) in [6.45, 7) is 2.60. The predicted octanol–water partition coefficient (Wildman–Crippen LogP) is 4.26. The molecule has 3 aromatic rings. The van der Waals surface area contributed by atoms with E-state index < -0.39 is 12.5 Å². The first-order chi connectivity index (χ1) is 12.5. The van der Waals surface area contributed by atoms with Crippen molar-refractivity contribution in [2.45, 2.75) is 13.5 Å². The van der Waals surface area contributed by atoms with Crippen LogP contribution >= 0.6 is 0 Å². The smallest absolute Gasteiger partial charge is 0.320 e. The normalized spacial score (nSPS) is 10.5. The van der Waals surface area contributed by atoms with E-state index in [0.29, 0.717) is 16.6 Å². The van der Waals surface area contributed by atoms with Crippen LogP contribution < -0.4 is 5.32 Å². The topological polar surface area (TPSA) is 46.9 Å². The quantitative estimate of drug-likeness (QED) is 0.566. The van der Waals surface area contributed by atoms with Gasteiger partial charge in [0, 0.05) is 17.1 Å². The molecule has 3 rings (SSSR count). The summed E-state index contributed by atoms with van der Waals surface area (Å²) in [4.78, 5) is 15.5. The highest BCUT2D eigenvalue weighted by Crippen LogP contribution is 2.26. The molecule has 0 atom stereocenters. The van der Waals surface area contributed by atoms with Gasteiger partial charge in [-0.2, -0.15) is 8.78 Å². The van der Waals surface area contributed by atoms with Gasteiger partial charge in [-0.15, -0.1) is 0 Å². The molecule has 0 unspecified atom stereocenters. The van der Waals surface area contributed by atoms with Crippen LogP contribution in [0.15, 0.2) is 55.4 Å². The summed E-state index contributed by atoms with van der Waals surface area (Å²) in [6.07, 6.45) is 3.70. The van der Waals surface area contributed by atoms with E-state index in [9.17, 15) is 13.6 Å². The summed E-state index contributed by atoms with van der Waals surface area (Å²) in [5.74, 6) is 5.47. The average molecular weight is 351 g/mol. The van der Waals surface area contributed by atoms with Crippen molar-refractivity contribution in [3.63, 3.8) is 0 Å². The number of amides is 1. The predicted molar refractivity (Wildman–Crippen MR) is 97.0 cm³/mol. The molecule has 0 radical (unpaired) electrons. The minimum absolute atomic E-state index is 0.102. The lowest BCUT2D eigenvalue weighted by Crippen LogP contribution is -2.07. The van der Waals surface area contributed by atoms with Crippen molar-refractivity contribution in [1.82, 2.24) is 9.55 Å². The van der Waals surface area contributed by atoms with Crippen LogP contribution in [-0.2, 0) is 4.79 Å². The molecule has 0 saturated carbocycles. The Labute approximate surface area is 149 Å². The number of nitrogens with one attached hydrogen (secondary N) is 1.